The number of anilines is 1. The highest BCUT2D eigenvalue weighted by molar-refractivity contribution is 7.92. The van der Waals surface area contributed by atoms with Gasteiger partial charge in [-0.3, -0.25) is 24.0 Å². The first-order valence-electron chi connectivity index (χ1n) is 13.7. The summed E-state index contributed by atoms with van der Waals surface area (Å²) < 4.78 is 26.6. The molecule has 0 heterocycles. The van der Waals surface area contributed by atoms with Crippen molar-refractivity contribution in [3.05, 3.63) is 104 Å². The Morgan fingerprint density at radius 1 is 1.02 bits per heavy atom. The summed E-state index contributed by atoms with van der Waals surface area (Å²) in [6, 6.07) is 18.0. The van der Waals surface area contributed by atoms with Crippen LogP contribution in [-0.2, 0) is 32.6 Å². The van der Waals surface area contributed by atoms with Crippen LogP contribution in [0.25, 0.3) is 0 Å². The van der Waals surface area contributed by atoms with Crippen molar-refractivity contribution in [1.82, 2.24) is 10.2 Å². The van der Waals surface area contributed by atoms with Gasteiger partial charge in [0.05, 0.1) is 16.9 Å². The van der Waals surface area contributed by atoms with Gasteiger partial charge >= 0.3 is 0 Å². The van der Waals surface area contributed by atoms with E-state index in [4.69, 9.17) is 23.2 Å². The molecule has 0 aliphatic heterocycles. The smallest absolute Gasteiger partial charge is 0.271 e. The molecule has 13 heteroatoms. The average molecular weight is 648 g/mol. The molecule has 0 spiro atoms. The maximum atomic E-state index is 14.2. The van der Waals surface area contributed by atoms with E-state index in [0.29, 0.717) is 10.6 Å². The van der Waals surface area contributed by atoms with Gasteiger partial charge in [-0.15, -0.1) is 0 Å². The molecule has 4 rings (SSSR count). The number of non-ortho nitro benzene ring substituents is 1. The molecule has 1 fully saturated rings. The van der Waals surface area contributed by atoms with Crippen LogP contribution in [0.4, 0.5) is 11.4 Å². The molecular formula is C30H32Cl2N4O6S. The number of halogens is 2. The number of nitrogens with one attached hydrogen (secondary N) is 1. The maximum Gasteiger partial charge on any atom is 0.271 e. The molecule has 1 atom stereocenters. The van der Waals surface area contributed by atoms with E-state index in [-0.39, 0.29) is 41.3 Å². The zero-order valence-corrected chi connectivity index (χ0v) is 25.8. The molecule has 43 heavy (non-hydrogen) atoms. The highest BCUT2D eigenvalue weighted by atomic mass is 35.5. The van der Waals surface area contributed by atoms with Crippen molar-refractivity contribution in [3.8, 4) is 0 Å². The molecule has 1 aliphatic rings. The van der Waals surface area contributed by atoms with Crippen molar-refractivity contribution in [2.75, 3.05) is 17.1 Å². The zero-order valence-electron chi connectivity index (χ0n) is 23.5. The highest BCUT2D eigenvalue weighted by Gasteiger charge is 2.34. The van der Waals surface area contributed by atoms with E-state index in [2.05, 4.69) is 5.32 Å². The first-order valence-corrected chi connectivity index (χ1v) is 16.3. The number of carbonyl (C=O) groups is 2. The number of hydrogen-bond acceptors (Lipinski definition) is 6. The van der Waals surface area contributed by atoms with Gasteiger partial charge in [0, 0.05) is 41.2 Å². The Balaban J connectivity index is 1.76. The molecule has 0 saturated heterocycles. The summed E-state index contributed by atoms with van der Waals surface area (Å²) in [4.78, 5) is 40.1. The van der Waals surface area contributed by atoms with E-state index in [1.54, 1.807) is 12.1 Å². The molecule has 1 N–H and O–H groups in total. The van der Waals surface area contributed by atoms with Crippen LogP contribution in [0, 0.1) is 10.1 Å². The summed E-state index contributed by atoms with van der Waals surface area (Å²) in [5, 5.41) is 15.1. The van der Waals surface area contributed by atoms with Crippen molar-refractivity contribution in [3.63, 3.8) is 0 Å². The van der Waals surface area contributed by atoms with Crippen molar-refractivity contribution < 1.29 is 22.9 Å². The summed E-state index contributed by atoms with van der Waals surface area (Å²) in [5.41, 5.74) is 0.922. The summed E-state index contributed by atoms with van der Waals surface area (Å²) in [6.07, 6.45) is 4.71. The summed E-state index contributed by atoms with van der Waals surface area (Å²) >= 11 is 12.6. The van der Waals surface area contributed by atoms with Gasteiger partial charge in [0.25, 0.3) is 5.69 Å². The summed E-state index contributed by atoms with van der Waals surface area (Å²) in [7, 11) is -4.08. The standard InChI is InChI=1S/C30H32Cl2N4O6S/c1-43(41,42)35(25-12-7-13-26(18-25)36(39)40)20-29(37)34(19-22-14-15-23(31)17-27(22)32)28(16-21-8-3-2-4-9-21)30(38)33-24-10-5-6-11-24/h2-4,7-9,12-15,17-18,24,28H,5-6,10-11,16,19-20H2,1H3,(H,33,38)/t28-/m1/s1. The Bertz CT molecular complexity index is 1580. The largest absolute Gasteiger partial charge is 0.352 e. The predicted molar refractivity (Wildman–Crippen MR) is 167 cm³/mol. The summed E-state index contributed by atoms with van der Waals surface area (Å²) in [5.74, 6) is -1.05. The van der Waals surface area contributed by atoms with E-state index in [1.807, 2.05) is 30.3 Å². The number of nitro groups is 1. The molecule has 1 saturated carbocycles. The van der Waals surface area contributed by atoms with E-state index < -0.39 is 33.4 Å². The van der Waals surface area contributed by atoms with Gasteiger partial charge in [-0.05, 0) is 42.2 Å². The Kier molecular flexibility index (Phi) is 10.6. The van der Waals surface area contributed by atoms with E-state index in [9.17, 15) is 28.1 Å². The minimum absolute atomic E-state index is 0.0285. The number of rotatable bonds is 12. The molecule has 0 bridgehead atoms. The number of benzene rings is 3. The topological polar surface area (TPSA) is 130 Å². The maximum absolute atomic E-state index is 14.2. The predicted octanol–water partition coefficient (Wildman–Crippen LogP) is 5.37. The van der Waals surface area contributed by atoms with Crippen LogP contribution in [0.1, 0.15) is 36.8 Å². The molecule has 0 radical (unpaired) electrons. The fourth-order valence-corrected chi connectivity index (χ4v) is 6.44. The molecule has 3 aromatic rings. The quantitative estimate of drug-likeness (QED) is 0.208. The fourth-order valence-electron chi connectivity index (χ4n) is 5.13. The zero-order chi connectivity index (χ0) is 31.1. The van der Waals surface area contributed by atoms with Gasteiger partial charge in [-0.25, -0.2) is 8.42 Å². The highest BCUT2D eigenvalue weighted by Crippen LogP contribution is 2.27. The minimum Gasteiger partial charge on any atom is -0.352 e. The number of amides is 2. The van der Waals surface area contributed by atoms with Gasteiger partial charge in [0.15, 0.2) is 0 Å². The van der Waals surface area contributed by atoms with Crippen LogP contribution in [0.3, 0.4) is 0 Å². The second-order valence-electron chi connectivity index (χ2n) is 10.5. The first-order chi connectivity index (χ1) is 20.4. The van der Waals surface area contributed by atoms with Crippen LogP contribution < -0.4 is 9.62 Å². The average Bonchev–Trinajstić information content (AvgIpc) is 3.47. The third kappa shape index (κ3) is 8.68. The lowest BCUT2D eigenvalue weighted by atomic mass is 10.0. The fraction of sp³-hybridized carbons (Fsp3) is 0.333. The van der Waals surface area contributed by atoms with Crippen LogP contribution >= 0.6 is 23.2 Å². The first kappa shape index (κ1) is 32.2. The van der Waals surface area contributed by atoms with Gasteiger partial charge < -0.3 is 10.2 Å². The lowest BCUT2D eigenvalue weighted by Crippen LogP contribution is -2.54. The molecule has 1 aliphatic carbocycles. The Morgan fingerprint density at radius 3 is 2.35 bits per heavy atom. The molecule has 10 nitrogen and oxygen atoms in total. The number of nitro benzene ring substituents is 1. The third-order valence-electron chi connectivity index (χ3n) is 7.34. The number of nitrogens with zero attached hydrogens (tertiary/aromatic N) is 3. The monoisotopic (exact) mass is 646 g/mol. The van der Waals surface area contributed by atoms with Gasteiger partial charge in [-0.1, -0.05) is 78.5 Å². The van der Waals surface area contributed by atoms with Crippen LogP contribution in [0.5, 0.6) is 0 Å². The SMILES string of the molecule is CS(=O)(=O)N(CC(=O)N(Cc1ccc(Cl)cc1Cl)[C@H](Cc1ccccc1)C(=O)NC1CCCC1)c1cccc([N+](=O)[O-])c1. The van der Waals surface area contributed by atoms with Gasteiger partial charge in [-0.2, -0.15) is 0 Å². The molecule has 0 aromatic heterocycles. The lowest BCUT2D eigenvalue weighted by Gasteiger charge is -2.34. The second-order valence-corrected chi connectivity index (χ2v) is 13.2. The van der Waals surface area contributed by atoms with Crippen LogP contribution in [0.15, 0.2) is 72.8 Å². The second kappa shape index (κ2) is 14.2. The summed E-state index contributed by atoms with van der Waals surface area (Å²) in [6.45, 7) is -0.815. The number of hydrogen-bond donors (Lipinski definition) is 1. The number of sulfonamides is 1. The molecular weight excluding hydrogens is 615 g/mol. The van der Waals surface area contributed by atoms with Crippen molar-refractivity contribution >= 4 is 56.4 Å². The van der Waals surface area contributed by atoms with E-state index in [0.717, 1.165) is 47.9 Å². The van der Waals surface area contributed by atoms with Crippen molar-refractivity contribution in [2.24, 2.45) is 0 Å². The van der Waals surface area contributed by atoms with E-state index >= 15 is 0 Å². The molecule has 228 valence electrons. The van der Waals surface area contributed by atoms with Crippen LogP contribution in [0.2, 0.25) is 10.0 Å². The van der Waals surface area contributed by atoms with Crippen LogP contribution in [-0.4, -0.2) is 54.9 Å². The van der Waals surface area contributed by atoms with Gasteiger partial charge in [0.1, 0.15) is 12.6 Å². The van der Waals surface area contributed by atoms with Crippen molar-refractivity contribution in [2.45, 2.75) is 50.7 Å². The Labute approximate surface area is 260 Å². The Morgan fingerprint density at radius 2 is 1.72 bits per heavy atom. The minimum atomic E-state index is -4.08. The molecule has 2 amide bonds. The lowest BCUT2D eigenvalue weighted by molar-refractivity contribution is -0.384. The Hall–Kier alpha value is -3.67. The number of carbonyl (C=O) groups excluding carboxylic acids is 2. The van der Waals surface area contributed by atoms with E-state index in [1.165, 1.54) is 29.2 Å². The van der Waals surface area contributed by atoms with Crippen molar-refractivity contribution in [1.29, 1.82) is 0 Å². The molecule has 3 aromatic carbocycles. The molecule has 0 unspecified atom stereocenters. The van der Waals surface area contributed by atoms with Gasteiger partial charge in [0.2, 0.25) is 21.8 Å². The normalized spacial score (nSPS) is 14.2. The third-order valence-corrected chi connectivity index (χ3v) is 9.06.